The minimum absolute atomic E-state index is 0.0415. The molecule has 3 aromatic rings. The van der Waals surface area contributed by atoms with E-state index < -0.39 is 0 Å². The van der Waals surface area contributed by atoms with Crippen LogP contribution >= 0.6 is 11.3 Å². The predicted octanol–water partition coefficient (Wildman–Crippen LogP) is 3.89. The van der Waals surface area contributed by atoms with E-state index in [9.17, 15) is 4.79 Å². The Bertz CT molecular complexity index is 1010. The highest BCUT2D eigenvalue weighted by Crippen LogP contribution is 2.34. The summed E-state index contributed by atoms with van der Waals surface area (Å²) in [6, 6.07) is 20.3. The zero-order chi connectivity index (χ0) is 22.4. The lowest BCUT2D eigenvalue weighted by Crippen LogP contribution is -2.47. The molecule has 168 valence electrons. The van der Waals surface area contributed by atoms with Gasteiger partial charge in [0.05, 0.1) is 12.7 Å². The van der Waals surface area contributed by atoms with Gasteiger partial charge in [0.15, 0.2) is 0 Å². The Hall–Kier alpha value is -2.81. The Balaban J connectivity index is 1.26. The quantitative estimate of drug-likeness (QED) is 0.570. The number of carbonyl (C=O) groups is 1. The fraction of sp³-hybridized carbons (Fsp3) is 0.375. The van der Waals surface area contributed by atoms with Crippen LogP contribution in [-0.4, -0.2) is 53.5 Å². The number of benzene rings is 2. The molecule has 0 bridgehead atoms. The van der Waals surface area contributed by atoms with Crippen molar-refractivity contribution in [2.24, 2.45) is 0 Å². The van der Waals surface area contributed by atoms with Crippen LogP contribution in [0.15, 0.2) is 60.7 Å². The number of amides is 2. The summed E-state index contributed by atoms with van der Waals surface area (Å²) in [5.41, 5.74) is 2.15. The smallest absolute Gasteiger partial charge is 0.321 e. The van der Waals surface area contributed by atoms with Crippen LogP contribution in [0, 0.1) is 0 Å². The average Bonchev–Trinajstić information content (AvgIpc) is 3.29. The van der Waals surface area contributed by atoms with Gasteiger partial charge < -0.3 is 10.1 Å². The molecule has 1 atom stereocenters. The van der Waals surface area contributed by atoms with Crippen LogP contribution in [0.3, 0.4) is 0 Å². The van der Waals surface area contributed by atoms with Crippen LogP contribution in [0.2, 0.25) is 0 Å². The molecule has 1 fully saturated rings. The molecule has 0 aliphatic carbocycles. The van der Waals surface area contributed by atoms with Gasteiger partial charge in [0, 0.05) is 31.6 Å². The van der Waals surface area contributed by atoms with Crippen LogP contribution in [0.4, 0.5) is 9.93 Å². The third kappa shape index (κ3) is 5.70. The lowest BCUT2D eigenvalue weighted by atomic mass is 9.85. The lowest BCUT2D eigenvalue weighted by Gasteiger charge is -2.33. The first-order valence-electron chi connectivity index (χ1n) is 10.8. The van der Waals surface area contributed by atoms with Crippen molar-refractivity contribution in [1.82, 2.24) is 20.4 Å². The monoisotopic (exact) mass is 451 g/mol. The van der Waals surface area contributed by atoms with Gasteiger partial charge in [-0.3, -0.25) is 10.2 Å². The van der Waals surface area contributed by atoms with Crippen molar-refractivity contribution in [3.05, 3.63) is 76.8 Å². The minimum atomic E-state index is -0.297. The second-order valence-corrected chi connectivity index (χ2v) is 9.43. The molecule has 2 aromatic carbocycles. The second kappa shape index (κ2) is 10.2. The van der Waals surface area contributed by atoms with Gasteiger partial charge in [-0.05, 0) is 25.0 Å². The summed E-state index contributed by atoms with van der Waals surface area (Å²) < 4.78 is 5.83. The number of ether oxygens (including phenoxy) is 1. The first-order valence-corrected chi connectivity index (χ1v) is 11.6. The normalized spacial score (nSPS) is 17.1. The van der Waals surface area contributed by atoms with Crippen LogP contribution in [0.5, 0.6) is 0 Å². The highest BCUT2D eigenvalue weighted by molar-refractivity contribution is 7.15. The number of hydrogen-bond donors (Lipinski definition) is 2. The van der Waals surface area contributed by atoms with E-state index in [0.29, 0.717) is 18.3 Å². The summed E-state index contributed by atoms with van der Waals surface area (Å²) in [7, 11) is 0. The summed E-state index contributed by atoms with van der Waals surface area (Å²) in [5.74, 6) is 0. The molecule has 7 nitrogen and oxygen atoms in total. The molecule has 2 heterocycles. The number of rotatable bonds is 7. The molecule has 0 saturated carbocycles. The van der Waals surface area contributed by atoms with Crippen molar-refractivity contribution in [3.63, 3.8) is 0 Å². The minimum Gasteiger partial charge on any atom is -0.374 e. The summed E-state index contributed by atoms with van der Waals surface area (Å²) in [6.07, 6.45) is -0.0415. The molecule has 1 unspecified atom stereocenters. The van der Waals surface area contributed by atoms with Crippen molar-refractivity contribution in [2.75, 3.05) is 31.6 Å². The van der Waals surface area contributed by atoms with Gasteiger partial charge in [-0.15, -0.1) is 10.2 Å². The van der Waals surface area contributed by atoms with Crippen molar-refractivity contribution >= 4 is 22.5 Å². The number of carbonyl (C=O) groups excluding carboxylic acids is 1. The highest BCUT2D eigenvalue weighted by Gasteiger charge is 2.28. The van der Waals surface area contributed by atoms with Gasteiger partial charge in [0.2, 0.25) is 5.13 Å². The number of nitrogens with zero attached hydrogens (tertiary/aromatic N) is 3. The SMILES string of the molecule is CC(C)(c1ccccc1)c1nnc(NC(=O)NCC2CN(Cc3ccccc3)CCO2)s1. The van der Waals surface area contributed by atoms with E-state index in [4.69, 9.17) is 4.74 Å². The standard InChI is InChI=1S/C24H29N5O2S/c1-24(2,19-11-7-4-8-12-19)21-27-28-23(32-21)26-22(30)25-15-20-17-29(13-14-31-20)16-18-9-5-3-6-10-18/h3-12,20H,13-17H2,1-2H3,(H2,25,26,28,30). The Kier molecular flexibility index (Phi) is 7.14. The zero-order valence-corrected chi connectivity index (χ0v) is 19.3. The molecule has 0 spiro atoms. The maximum absolute atomic E-state index is 12.4. The third-order valence-corrected chi connectivity index (χ3v) is 6.80. The van der Waals surface area contributed by atoms with Crippen LogP contribution < -0.4 is 10.6 Å². The zero-order valence-electron chi connectivity index (χ0n) is 18.5. The largest absolute Gasteiger partial charge is 0.374 e. The van der Waals surface area contributed by atoms with Gasteiger partial charge >= 0.3 is 6.03 Å². The topological polar surface area (TPSA) is 79.4 Å². The number of aromatic nitrogens is 2. The summed E-state index contributed by atoms with van der Waals surface area (Å²) in [4.78, 5) is 14.8. The van der Waals surface area contributed by atoms with E-state index in [1.165, 1.54) is 16.9 Å². The van der Waals surface area contributed by atoms with Crippen molar-refractivity contribution in [1.29, 1.82) is 0 Å². The molecule has 1 aliphatic rings. The molecule has 32 heavy (non-hydrogen) atoms. The maximum atomic E-state index is 12.4. The number of nitrogens with one attached hydrogen (secondary N) is 2. The Morgan fingerprint density at radius 2 is 1.84 bits per heavy atom. The van der Waals surface area contributed by atoms with Crippen molar-refractivity contribution in [3.8, 4) is 0 Å². The first kappa shape index (κ1) is 22.4. The maximum Gasteiger partial charge on any atom is 0.321 e. The van der Waals surface area contributed by atoms with Gasteiger partial charge in [0.25, 0.3) is 0 Å². The van der Waals surface area contributed by atoms with E-state index in [2.05, 4.69) is 76.0 Å². The molecule has 2 amide bonds. The molecule has 4 rings (SSSR count). The average molecular weight is 452 g/mol. The summed E-state index contributed by atoms with van der Waals surface area (Å²) >= 11 is 1.39. The van der Waals surface area contributed by atoms with Crippen molar-refractivity contribution < 1.29 is 9.53 Å². The molecular weight excluding hydrogens is 422 g/mol. The van der Waals surface area contributed by atoms with Crippen LogP contribution in [0.1, 0.15) is 30.0 Å². The molecule has 1 saturated heterocycles. The number of urea groups is 1. The number of hydrogen-bond acceptors (Lipinski definition) is 6. The van der Waals surface area contributed by atoms with Gasteiger partial charge in [-0.1, -0.05) is 72.0 Å². The lowest BCUT2D eigenvalue weighted by molar-refractivity contribution is -0.0285. The van der Waals surface area contributed by atoms with Crippen LogP contribution in [-0.2, 0) is 16.7 Å². The van der Waals surface area contributed by atoms with Gasteiger partial charge in [0.1, 0.15) is 5.01 Å². The first-order chi connectivity index (χ1) is 15.5. The van der Waals surface area contributed by atoms with Crippen molar-refractivity contribution in [2.45, 2.75) is 31.9 Å². The molecule has 8 heteroatoms. The number of morpholine rings is 1. The Labute approximate surface area is 192 Å². The highest BCUT2D eigenvalue weighted by atomic mass is 32.1. The second-order valence-electron chi connectivity index (χ2n) is 8.45. The third-order valence-electron chi connectivity index (χ3n) is 5.64. The fourth-order valence-corrected chi connectivity index (χ4v) is 4.60. The Morgan fingerprint density at radius 1 is 1.12 bits per heavy atom. The Morgan fingerprint density at radius 3 is 2.59 bits per heavy atom. The van der Waals surface area contributed by atoms with E-state index in [-0.39, 0.29) is 17.6 Å². The molecular formula is C24H29N5O2S. The molecule has 1 aliphatic heterocycles. The van der Waals surface area contributed by atoms with E-state index in [1.807, 2.05) is 24.3 Å². The number of anilines is 1. The summed E-state index contributed by atoms with van der Waals surface area (Å²) in [5, 5.41) is 15.5. The fourth-order valence-electron chi connectivity index (χ4n) is 3.74. The van der Waals surface area contributed by atoms with E-state index >= 15 is 0 Å². The van der Waals surface area contributed by atoms with Gasteiger partial charge in [-0.25, -0.2) is 4.79 Å². The molecule has 2 N–H and O–H groups in total. The van der Waals surface area contributed by atoms with E-state index in [1.54, 1.807) is 0 Å². The van der Waals surface area contributed by atoms with E-state index in [0.717, 1.165) is 30.2 Å². The molecule has 1 aromatic heterocycles. The van der Waals surface area contributed by atoms with Crippen LogP contribution in [0.25, 0.3) is 0 Å². The molecule has 0 radical (unpaired) electrons. The van der Waals surface area contributed by atoms with Gasteiger partial charge in [-0.2, -0.15) is 0 Å². The summed E-state index contributed by atoms with van der Waals surface area (Å²) in [6.45, 7) is 7.87. The predicted molar refractivity (Wildman–Crippen MR) is 127 cm³/mol.